The van der Waals surface area contributed by atoms with Gasteiger partial charge in [0.25, 0.3) is 0 Å². The van der Waals surface area contributed by atoms with Crippen molar-refractivity contribution in [1.29, 1.82) is 0 Å². The Balaban J connectivity index is 1.94. The summed E-state index contributed by atoms with van der Waals surface area (Å²) in [6, 6.07) is 5.12. The van der Waals surface area contributed by atoms with E-state index < -0.39 is 6.03 Å². The van der Waals surface area contributed by atoms with Crippen LogP contribution in [-0.2, 0) is 0 Å². The summed E-state index contributed by atoms with van der Waals surface area (Å²) in [5.41, 5.74) is 0.507. The Morgan fingerprint density at radius 2 is 1.78 bits per heavy atom. The van der Waals surface area contributed by atoms with E-state index in [0.717, 1.165) is 31.1 Å². The van der Waals surface area contributed by atoms with Crippen molar-refractivity contribution < 1.29 is 9.18 Å². The summed E-state index contributed by atoms with van der Waals surface area (Å²) in [4.78, 5) is 14.1. The Bertz CT molecular complexity index is 625. The Morgan fingerprint density at radius 3 is 2.39 bits per heavy atom. The van der Waals surface area contributed by atoms with Crippen LogP contribution in [0.1, 0.15) is 26.7 Å². The van der Waals surface area contributed by atoms with E-state index in [-0.39, 0.29) is 5.82 Å². The molecule has 1 aromatic heterocycles. The van der Waals surface area contributed by atoms with Crippen LogP contribution >= 0.6 is 11.3 Å². The van der Waals surface area contributed by atoms with Gasteiger partial charge in [-0.3, -0.25) is 5.32 Å². The molecule has 0 unspecified atom stereocenters. The van der Waals surface area contributed by atoms with E-state index in [1.54, 1.807) is 0 Å². The lowest BCUT2D eigenvalue weighted by molar-refractivity contribution is 0.262. The maximum Gasteiger partial charge on any atom is 0.325 e. The van der Waals surface area contributed by atoms with Gasteiger partial charge in [0.15, 0.2) is 0 Å². The molecule has 0 fully saturated rings. The van der Waals surface area contributed by atoms with Gasteiger partial charge in [-0.05, 0) is 37.1 Å². The second-order valence-corrected chi connectivity index (χ2v) is 5.92. The van der Waals surface area contributed by atoms with Crippen LogP contribution in [0.25, 0.3) is 0 Å². The second-order valence-electron chi connectivity index (χ2n) is 4.96. The van der Waals surface area contributed by atoms with E-state index in [2.05, 4.69) is 39.6 Å². The largest absolute Gasteiger partial charge is 0.347 e. The molecule has 0 aliphatic carbocycles. The lowest BCUT2D eigenvalue weighted by atomic mass is 10.3. The molecule has 23 heavy (non-hydrogen) atoms. The van der Waals surface area contributed by atoms with Gasteiger partial charge in [-0.1, -0.05) is 25.2 Å². The van der Waals surface area contributed by atoms with Gasteiger partial charge < -0.3 is 10.2 Å². The number of aromatic nitrogens is 2. The zero-order valence-electron chi connectivity index (χ0n) is 13.2. The fraction of sp³-hybridized carbons (Fsp3) is 0.400. The Morgan fingerprint density at radius 1 is 1.13 bits per heavy atom. The summed E-state index contributed by atoms with van der Waals surface area (Å²) in [6.07, 6.45) is 2.04. The third-order valence-corrected chi connectivity index (χ3v) is 3.89. The first-order chi connectivity index (χ1) is 11.1. The molecule has 0 atom stereocenters. The minimum absolute atomic E-state index is 0.350. The number of anilines is 3. The molecule has 0 saturated heterocycles. The monoisotopic (exact) mass is 337 g/mol. The first-order valence-corrected chi connectivity index (χ1v) is 8.36. The molecule has 0 aliphatic heterocycles. The minimum Gasteiger partial charge on any atom is -0.347 e. The summed E-state index contributed by atoms with van der Waals surface area (Å²) in [5, 5.41) is 14.6. The first-order valence-electron chi connectivity index (χ1n) is 7.54. The highest BCUT2D eigenvalue weighted by molar-refractivity contribution is 7.19. The molecule has 0 bridgehead atoms. The smallest absolute Gasteiger partial charge is 0.325 e. The van der Waals surface area contributed by atoms with E-state index in [9.17, 15) is 9.18 Å². The fourth-order valence-electron chi connectivity index (χ4n) is 2.03. The van der Waals surface area contributed by atoms with Crippen LogP contribution in [0.2, 0.25) is 0 Å². The van der Waals surface area contributed by atoms with E-state index in [1.807, 2.05) is 0 Å². The molecular weight excluding hydrogens is 317 g/mol. The predicted octanol–water partition coefficient (Wildman–Crippen LogP) is 3.95. The van der Waals surface area contributed by atoms with Crippen LogP contribution in [0.5, 0.6) is 0 Å². The molecule has 2 aromatic rings. The molecular formula is C15H20FN5OS. The van der Waals surface area contributed by atoms with Crippen molar-refractivity contribution in [3.05, 3.63) is 30.1 Å². The van der Waals surface area contributed by atoms with Gasteiger partial charge in [-0.15, -0.1) is 10.2 Å². The number of carbonyl (C=O) groups is 1. The second kappa shape index (κ2) is 8.42. The van der Waals surface area contributed by atoms with Crippen molar-refractivity contribution in [3.8, 4) is 0 Å². The molecule has 0 spiro atoms. The number of urea groups is 1. The number of carbonyl (C=O) groups excluding carboxylic acids is 1. The third-order valence-electron chi connectivity index (χ3n) is 2.99. The molecule has 1 aromatic carbocycles. The molecule has 2 rings (SSSR count). The molecule has 2 N–H and O–H groups in total. The zero-order valence-corrected chi connectivity index (χ0v) is 14.0. The van der Waals surface area contributed by atoms with Crippen LogP contribution in [0.4, 0.5) is 25.1 Å². The quantitative estimate of drug-likeness (QED) is 0.802. The van der Waals surface area contributed by atoms with Gasteiger partial charge in [-0.2, -0.15) is 0 Å². The van der Waals surface area contributed by atoms with E-state index >= 15 is 0 Å². The Labute approximate surface area is 138 Å². The molecule has 2 amide bonds. The summed E-state index contributed by atoms with van der Waals surface area (Å²) >= 11 is 1.33. The summed E-state index contributed by atoms with van der Waals surface area (Å²) in [6.45, 7) is 6.03. The van der Waals surface area contributed by atoms with E-state index in [0.29, 0.717) is 10.8 Å². The lowest BCUT2D eigenvalue weighted by Crippen LogP contribution is -2.24. The van der Waals surface area contributed by atoms with Gasteiger partial charge >= 0.3 is 6.03 Å². The van der Waals surface area contributed by atoms with Crippen molar-refractivity contribution in [3.63, 3.8) is 0 Å². The van der Waals surface area contributed by atoms with Crippen molar-refractivity contribution >= 4 is 33.3 Å². The summed E-state index contributed by atoms with van der Waals surface area (Å²) < 4.78 is 12.8. The molecule has 124 valence electrons. The fourth-order valence-corrected chi connectivity index (χ4v) is 2.82. The van der Waals surface area contributed by atoms with Crippen molar-refractivity contribution in [1.82, 2.24) is 10.2 Å². The zero-order chi connectivity index (χ0) is 16.7. The number of rotatable bonds is 7. The third kappa shape index (κ3) is 5.17. The summed E-state index contributed by atoms with van der Waals surface area (Å²) in [5.74, 6) is -0.350. The van der Waals surface area contributed by atoms with Crippen molar-refractivity contribution in [2.75, 3.05) is 28.6 Å². The van der Waals surface area contributed by atoms with Gasteiger partial charge in [0, 0.05) is 18.8 Å². The van der Waals surface area contributed by atoms with Gasteiger partial charge in [0.05, 0.1) is 0 Å². The van der Waals surface area contributed by atoms with E-state index in [1.165, 1.54) is 35.6 Å². The summed E-state index contributed by atoms with van der Waals surface area (Å²) in [7, 11) is 0. The lowest BCUT2D eigenvalue weighted by Gasteiger charge is -2.19. The number of nitrogens with zero attached hydrogens (tertiary/aromatic N) is 3. The highest BCUT2D eigenvalue weighted by Gasteiger charge is 2.13. The van der Waals surface area contributed by atoms with Gasteiger partial charge in [0.2, 0.25) is 10.3 Å². The Hall–Kier alpha value is -2.22. The number of amides is 2. The molecule has 0 saturated carbocycles. The average molecular weight is 337 g/mol. The van der Waals surface area contributed by atoms with Crippen molar-refractivity contribution in [2.45, 2.75) is 26.7 Å². The van der Waals surface area contributed by atoms with Crippen molar-refractivity contribution in [2.24, 2.45) is 0 Å². The van der Waals surface area contributed by atoms with E-state index in [4.69, 9.17) is 0 Å². The molecule has 8 heteroatoms. The molecule has 1 heterocycles. The minimum atomic E-state index is -0.433. The standard InChI is InChI=1S/C15H20FN5OS/c1-3-9-21(10-4-2)15-20-19-14(23-15)18-13(22)17-12-7-5-11(16)6-8-12/h5-8H,3-4,9-10H2,1-2H3,(H2,17,18,19,22). The van der Waals surface area contributed by atoms with Crippen LogP contribution < -0.4 is 15.5 Å². The maximum absolute atomic E-state index is 12.8. The topological polar surface area (TPSA) is 70.2 Å². The van der Waals surface area contributed by atoms with Crippen LogP contribution in [0, 0.1) is 5.82 Å². The molecule has 0 radical (unpaired) electrons. The van der Waals surface area contributed by atoms with Crippen LogP contribution in [0.15, 0.2) is 24.3 Å². The predicted molar refractivity (Wildman–Crippen MR) is 91.7 cm³/mol. The highest BCUT2D eigenvalue weighted by atomic mass is 32.1. The van der Waals surface area contributed by atoms with Crippen LogP contribution in [-0.4, -0.2) is 29.3 Å². The molecule has 6 nitrogen and oxygen atoms in total. The van der Waals surface area contributed by atoms with Crippen LogP contribution in [0.3, 0.4) is 0 Å². The first kappa shape index (κ1) is 17.1. The highest BCUT2D eigenvalue weighted by Crippen LogP contribution is 2.24. The number of hydrogen-bond acceptors (Lipinski definition) is 5. The maximum atomic E-state index is 12.8. The number of benzene rings is 1. The SMILES string of the molecule is CCCN(CCC)c1nnc(NC(=O)Nc2ccc(F)cc2)s1. The molecule has 0 aliphatic rings. The van der Waals surface area contributed by atoms with Gasteiger partial charge in [-0.25, -0.2) is 9.18 Å². The number of nitrogens with one attached hydrogen (secondary N) is 2. The average Bonchev–Trinajstić information content (AvgIpc) is 2.97. The number of hydrogen-bond donors (Lipinski definition) is 2. The van der Waals surface area contributed by atoms with Gasteiger partial charge in [0.1, 0.15) is 5.82 Å². The number of halogens is 1. The Kier molecular flexibility index (Phi) is 6.28. The normalized spacial score (nSPS) is 10.4.